The molecular weight excluding hydrogens is 254 g/mol. The van der Waals surface area contributed by atoms with E-state index in [0.717, 1.165) is 6.42 Å². The van der Waals surface area contributed by atoms with Gasteiger partial charge in [0.2, 0.25) is 5.91 Å². The van der Waals surface area contributed by atoms with Gasteiger partial charge in [0, 0.05) is 30.8 Å². The molecule has 5 nitrogen and oxygen atoms in total. The summed E-state index contributed by atoms with van der Waals surface area (Å²) in [5, 5.41) is 5.58. The summed E-state index contributed by atoms with van der Waals surface area (Å²) < 4.78 is 0. The van der Waals surface area contributed by atoms with Gasteiger partial charge in [-0.2, -0.15) is 0 Å². The highest BCUT2D eigenvalue weighted by molar-refractivity contribution is 5.95. The normalized spacial score (nSPS) is 12.1. The molecule has 0 spiro atoms. The molecule has 1 aromatic carbocycles. The molecule has 0 heterocycles. The molecule has 1 aromatic rings. The number of nitrogens with two attached hydrogens (primary N) is 1. The molecule has 4 N–H and O–H groups in total. The molecule has 0 saturated heterocycles. The van der Waals surface area contributed by atoms with Crippen LogP contribution in [0.3, 0.4) is 0 Å². The molecule has 0 aliphatic carbocycles. The summed E-state index contributed by atoms with van der Waals surface area (Å²) in [6.07, 6.45) is 0.853. The van der Waals surface area contributed by atoms with Crippen LogP contribution in [0.25, 0.3) is 0 Å². The Morgan fingerprint density at radius 2 is 1.80 bits per heavy atom. The first-order valence-electron chi connectivity index (χ1n) is 6.81. The molecule has 0 aliphatic rings. The maximum Gasteiger partial charge on any atom is 0.251 e. The first-order chi connectivity index (χ1) is 9.42. The minimum absolute atomic E-state index is 0.0162. The van der Waals surface area contributed by atoms with Crippen molar-refractivity contribution in [1.29, 1.82) is 0 Å². The quantitative estimate of drug-likeness (QED) is 0.740. The Bertz CT molecular complexity index is 455. The van der Waals surface area contributed by atoms with Crippen molar-refractivity contribution in [2.45, 2.75) is 33.2 Å². The van der Waals surface area contributed by atoms with Crippen LogP contribution >= 0.6 is 0 Å². The molecule has 0 aromatic heterocycles. The third kappa shape index (κ3) is 5.40. The fourth-order valence-electron chi connectivity index (χ4n) is 1.96. The summed E-state index contributed by atoms with van der Waals surface area (Å²) in [5.41, 5.74) is 6.89. The van der Waals surface area contributed by atoms with Gasteiger partial charge in [0.1, 0.15) is 0 Å². The van der Waals surface area contributed by atoms with Crippen molar-refractivity contribution in [2.75, 3.05) is 11.9 Å². The molecule has 0 bridgehead atoms. The molecule has 0 aliphatic heterocycles. The van der Waals surface area contributed by atoms with Gasteiger partial charge in [-0.05, 0) is 36.6 Å². The monoisotopic (exact) mass is 277 g/mol. The van der Waals surface area contributed by atoms with Crippen LogP contribution in [0.15, 0.2) is 24.3 Å². The average Bonchev–Trinajstić information content (AvgIpc) is 2.37. The van der Waals surface area contributed by atoms with Crippen LogP contribution in [-0.4, -0.2) is 24.4 Å². The number of hydrogen-bond acceptors (Lipinski definition) is 3. The molecule has 1 unspecified atom stereocenters. The highest BCUT2D eigenvalue weighted by Crippen LogP contribution is 2.10. The topological polar surface area (TPSA) is 84.2 Å². The summed E-state index contributed by atoms with van der Waals surface area (Å²) in [7, 11) is 0. The zero-order valence-corrected chi connectivity index (χ0v) is 12.3. The van der Waals surface area contributed by atoms with Crippen LogP contribution < -0.4 is 16.4 Å². The zero-order chi connectivity index (χ0) is 15.1. The lowest BCUT2D eigenvalue weighted by Gasteiger charge is -2.18. The van der Waals surface area contributed by atoms with E-state index < -0.39 is 0 Å². The summed E-state index contributed by atoms with van der Waals surface area (Å²) in [6.45, 7) is 6.06. The number of nitrogens with one attached hydrogen (secondary N) is 2. The summed E-state index contributed by atoms with van der Waals surface area (Å²) in [5.74, 6) is 0.198. The summed E-state index contributed by atoms with van der Waals surface area (Å²) >= 11 is 0. The predicted molar refractivity (Wildman–Crippen MR) is 80.5 cm³/mol. The van der Waals surface area contributed by atoms with Gasteiger partial charge in [0.05, 0.1) is 0 Å². The summed E-state index contributed by atoms with van der Waals surface area (Å²) in [4.78, 5) is 23.0. The number of rotatable bonds is 6. The lowest BCUT2D eigenvalue weighted by atomic mass is 10.0. The number of carbonyl (C=O) groups is 2. The highest BCUT2D eigenvalue weighted by atomic mass is 16.2. The van der Waals surface area contributed by atoms with Crippen molar-refractivity contribution in [3.05, 3.63) is 29.8 Å². The van der Waals surface area contributed by atoms with Gasteiger partial charge >= 0.3 is 0 Å². The second kappa shape index (κ2) is 7.65. The lowest BCUT2D eigenvalue weighted by Crippen LogP contribution is -2.41. The largest absolute Gasteiger partial charge is 0.348 e. The molecule has 0 radical (unpaired) electrons. The van der Waals surface area contributed by atoms with Crippen LogP contribution in [-0.2, 0) is 4.79 Å². The number of carbonyl (C=O) groups excluding carboxylic acids is 2. The fraction of sp³-hybridized carbons (Fsp3) is 0.467. The molecule has 5 heteroatoms. The number of anilines is 1. The van der Waals surface area contributed by atoms with E-state index in [-0.39, 0.29) is 17.9 Å². The number of benzene rings is 1. The van der Waals surface area contributed by atoms with Crippen LogP contribution in [0.4, 0.5) is 5.69 Å². The fourth-order valence-corrected chi connectivity index (χ4v) is 1.96. The van der Waals surface area contributed by atoms with Crippen LogP contribution in [0.1, 0.15) is 37.6 Å². The van der Waals surface area contributed by atoms with Crippen molar-refractivity contribution < 1.29 is 9.59 Å². The smallest absolute Gasteiger partial charge is 0.251 e. The lowest BCUT2D eigenvalue weighted by molar-refractivity contribution is -0.114. The van der Waals surface area contributed by atoms with Gasteiger partial charge in [0.15, 0.2) is 0 Å². The first kappa shape index (κ1) is 16.2. The second-order valence-corrected chi connectivity index (χ2v) is 5.29. The molecule has 20 heavy (non-hydrogen) atoms. The Balaban J connectivity index is 2.65. The minimum atomic E-state index is -0.143. The highest BCUT2D eigenvalue weighted by Gasteiger charge is 2.13. The molecular formula is C15H23N3O2. The van der Waals surface area contributed by atoms with Gasteiger partial charge in [-0.3, -0.25) is 9.59 Å². The van der Waals surface area contributed by atoms with E-state index in [1.165, 1.54) is 6.92 Å². The van der Waals surface area contributed by atoms with Gasteiger partial charge < -0.3 is 16.4 Å². The standard InChI is InChI=1S/C15H23N3O2/c1-10(2)8-14(9-16)18-15(20)12-4-6-13(7-5-12)17-11(3)19/h4-7,10,14H,8-9,16H2,1-3H3,(H,17,19)(H,18,20). The van der Waals surface area contributed by atoms with Crippen molar-refractivity contribution in [2.24, 2.45) is 11.7 Å². The molecule has 1 atom stereocenters. The second-order valence-electron chi connectivity index (χ2n) is 5.29. The van der Waals surface area contributed by atoms with Crippen molar-refractivity contribution >= 4 is 17.5 Å². The van der Waals surface area contributed by atoms with Gasteiger partial charge in [-0.15, -0.1) is 0 Å². The molecule has 110 valence electrons. The van der Waals surface area contributed by atoms with E-state index in [4.69, 9.17) is 5.73 Å². The molecule has 0 saturated carbocycles. The Morgan fingerprint density at radius 3 is 2.25 bits per heavy atom. The first-order valence-corrected chi connectivity index (χ1v) is 6.81. The van der Waals surface area contributed by atoms with Crippen LogP contribution in [0.2, 0.25) is 0 Å². The third-order valence-electron chi connectivity index (χ3n) is 2.84. The molecule has 2 amide bonds. The van der Waals surface area contributed by atoms with E-state index in [0.29, 0.717) is 23.7 Å². The van der Waals surface area contributed by atoms with E-state index in [1.807, 2.05) is 0 Å². The maximum atomic E-state index is 12.1. The Labute approximate surface area is 119 Å². The van der Waals surface area contributed by atoms with Gasteiger partial charge in [-0.25, -0.2) is 0 Å². The van der Waals surface area contributed by atoms with Gasteiger partial charge in [-0.1, -0.05) is 13.8 Å². The Hall–Kier alpha value is -1.88. The zero-order valence-electron chi connectivity index (χ0n) is 12.3. The third-order valence-corrected chi connectivity index (χ3v) is 2.84. The van der Waals surface area contributed by atoms with E-state index >= 15 is 0 Å². The Kier molecular flexibility index (Phi) is 6.18. The molecule has 1 rings (SSSR count). The SMILES string of the molecule is CC(=O)Nc1ccc(C(=O)NC(CN)CC(C)C)cc1. The number of hydrogen-bond donors (Lipinski definition) is 3. The Morgan fingerprint density at radius 1 is 1.20 bits per heavy atom. The van der Waals surface area contributed by atoms with Crippen molar-refractivity contribution in [3.8, 4) is 0 Å². The maximum absolute atomic E-state index is 12.1. The number of amides is 2. The van der Waals surface area contributed by atoms with E-state index in [1.54, 1.807) is 24.3 Å². The van der Waals surface area contributed by atoms with Crippen LogP contribution in [0, 0.1) is 5.92 Å². The van der Waals surface area contributed by atoms with Crippen molar-refractivity contribution in [1.82, 2.24) is 5.32 Å². The minimum Gasteiger partial charge on any atom is -0.348 e. The van der Waals surface area contributed by atoms with E-state index in [9.17, 15) is 9.59 Å². The van der Waals surface area contributed by atoms with E-state index in [2.05, 4.69) is 24.5 Å². The summed E-state index contributed by atoms with van der Waals surface area (Å²) in [6, 6.07) is 6.76. The predicted octanol–water partition coefficient (Wildman–Crippen LogP) is 1.75. The average molecular weight is 277 g/mol. The molecule has 0 fully saturated rings. The van der Waals surface area contributed by atoms with Crippen molar-refractivity contribution in [3.63, 3.8) is 0 Å². The van der Waals surface area contributed by atoms with Gasteiger partial charge in [0.25, 0.3) is 5.91 Å². The van der Waals surface area contributed by atoms with Crippen LogP contribution in [0.5, 0.6) is 0 Å².